The van der Waals surface area contributed by atoms with Crippen molar-refractivity contribution in [2.75, 3.05) is 17.2 Å². The minimum absolute atomic E-state index is 0.0478. The van der Waals surface area contributed by atoms with Crippen molar-refractivity contribution in [3.63, 3.8) is 0 Å². The Kier molecular flexibility index (Phi) is 5.95. The van der Waals surface area contributed by atoms with Gasteiger partial charge in [0.2, 0.25) is 11.8 Å². The summed E-state index contributed by atoms with van der Waals surface area (Å²) >= 11 is 0. The van der Waals surface area contributed by atoms with Crippen molar-refractivity contribution in [2.45, 2.75) is 45.6 Å². The largest absolute Gasteiger partial charge is 0.334 e. The van der Waals surface area contributed by atoms with Gasteiger partial charge in [-0.2, -0.15) is 0 Å². The molecule has 2 fully saturated rings. The molecule has 10 heteroatoms. The van der Waals surface area contributed by atoms with Crippen molar-refractivity contribution in [1.82, 2.24) is 9.80 Å². The van der Waals surface area contributed by atoms with E-state index in [2.05, 4.69) is 10.6 Å². The van der Waals surface area contributed by atoms with Gasteiger partial charge >= 0.3 is 17.8 Å². The lowest BCUT2D eigenvalue weighted by Gasteiger charge is -2.21. The van der Waals surface area contributed by atoms with Crippen molar-refractivity contribution >= 4 is 46.8 Å². The van der Waals surface area contributed by atoms with Crippen LogP contribution < -0.4 is 10.6 Å². The first-order valence-corrected chi connectivity index (χ1v) is 9.60. The van der Waals surface area contributed by atoms with Crippen LogP contribution >= 0.6 is 0 Å². The summed E-state index contributed by atoms with van der Waals surface area (Å²) in [5.74, 6) is -3.35. The van der Waals surface area contributed by atoms with Gasteiger partial charge in [0.1, 0.15) is 0 Å². The Morgan fingerprint density at radius 2 is 1.60 bits per heavy atom. The van der Waals surface area contributed by atoms with Crippen LogP contribution in [-0.2, 0) is 19.2 Å². The number of carbonyl (C=O) groups is 6. The van der Waals surface area contributed by atoms with E-state index in [9.17, 15) is 28.8 Å². The van der Waals surface area contributed by atoms with E-state index >= 15 is 0 Å². The monoisotopic (exact) mass is 414 g/mol. The fourth-order valence-corrected chi connectivity index (χ4v) is 3.74. The average Bonchev–Trinajstić information content (AvgIpc) is 3.24. The molecule has 1 heterocycles. The quantitative estimate of drug-likeness (QED) is 0.412. The fourth-order valence-electron chi connectivity index (χ4n) is 3.74. The number of hydrogen-bond donors (Lipinski definition) is 2. The van der Waals surface area contributed by atoms with Gasteiger partial charge in [0.25, 0.3) is 0 Å². The van der Waals surface area contributed by atoms with E-state index in [1.807, 2.05) is 0 Å². The zero-order valence-corrected chi connectivity index (χ0v) is 16.7. The molecule has 3 rings (SSSR count). The summed E-state index contributed by atoms with van der Waals surface area (Å²) in [7, 11) is 0. The number of amides is 6. The highest BCUT2D eigenvalue weighted by molar-refractivity contribution is 6.45. The zero-order chi connectivity index (χ0) is 22.0. The number of ketones is 1. The number of nitrogens with one attached hydrogen (secondary N) is 2. The van der Waals surface area contributed by atoms with Crippen molar-refractivity contribution in [3.8, 4) is 0 Å². The Morgan fingerprint density at radius 3 is 2.20 bits per heavy atom. The Hall–Kier alpha value is -3.56. The second kappa shape index (κ2) is 8.44. The third kappa shape index (κ3) is 4.22. The molecular weight excluding hydrogens is 392 g/mol. The van der Waals surface area contributed by atoms with Gasteiger partial charge in [0.15, 0.2) is 5.78 Å². The van der Waals surface area contributed by atoms with Crippen LogP contribution in [0.3, 0.4) is 0 Å². The first-order valence-electron chi connectivity index (χ1n) is 9.60. The van der Waals surface area contributed by atoms with E-state index in [1.54, 1.807) is 0 Å². The highest BCUT2D eigenvalue weighted by Gasteiger charge is 2.48. The van der Waals surface area contributed by atoms with E-state index in [1.165, 1.54) is 32.0 Å². The van der Waals surface area contributed by atoms with Gasteiger partial charge in [-0.25, -0.2) is 9.69 Å². The molecule has 0 aromatic heterocycles. The van der Waals surface area contributed by atoms with Crippen LogP contribution in [-0.4, -0.2) is 57.8 Å². The Morgan fingerprint density at radius 1 is 0.967 bits per heavy atom. The van der Waals surface area contributed by atoms with Crippen LogP contribution in [0.4, 0.5) is 16.2 Å². The van der Waals surface area contributed by atoms with Crippen molar-refractivity contribution in [3.05, 3.63) is 23.8 Å². The molecule has 0 spiro atoms. The van der Waals surface area contributed by atoms with Crippen LogP contribution in [0.15, 0.2) is 18.2 Å². The maximum absolute atomic E-state index is 12.8. The first-order chi connectivity index (χ1) is 14.2. The van der Waals surface area contributed by atoms with E-state index in [4.69, 9.17) is 0 Å². The van der Waals surface area contributed by atoms with E-state index in [-0.39, 0.29) is 23.2 Å². The molecule has 158 valence electrons. The molecular formula is C20H22N4O6. The summed E-state index contributed by atoms with van der Waals surface area (Å²) in [5, 5.41) is 5.04. The number of anilines is 2. The number of imide groups is 2. The predicted octanol–water partition coefficient (Wildman–Crippen LogP) is 1.52. The molecule has 2 N–H and O–H groups in total. The SMILES string of the molecule is CC(=O)Nc1ccc(C(=O)CN2C(=O)C(=O)N(C3CCCC3)C2=O)c(NC(C)=O)c1. The molecule has 0 bridgehead atoms. The highest BCUT2D eigenvalue weighted by Crippen LogP contribution is 2.28. The standard InChI is InChI=1S/C20H22N4O6/c1-11(25)21-13-7-8-15(16(9-13)22-12(2)26)17(27)10-23-18(28)19(29)24(20(23)30)14-5-3-4-6-14/h7-9,14H,3-6,10H2,1-2H3,(H,21,25)(H,22,26). The summed E-state index contributed by atoms with van der Waals surface area (Å²) in [4.78, 5) is 74.5. The van der Waals surface area contributed by atoms with E-state index in [0.29, 0.717) is 23.4 Å². The maximum atomic E-state index is 12.8. The summed E-state index contributed by atoms with van der Waals surface area (Å²) in [6.07, 6.45) is 3.03. The third-order valence-corrected chi connectivity index (χ3v) is 5.03. The van der Waals surface area contributed by atoms with Gasteiger partial charge in [-0.05, 0) is 31.0 Å². The topological polar surface area (TPSA) is 133 Å². The molecule has 1 saturated carbocycles. The Labute approximate surface area is 172 Å². The van der Waals surface area contributed by atoms with Crippen molar-refractivity contribution in [1.29, 1.82) is 0 Å². The minimum Gasteiger partial charge on any atom is -0.326 e. The summed E-state index contributed by atoms with van der Waals surface area (Å²) < 4.78 is 0. The number of nitrogens with zero attached hydrogens (tertiary/aromatic N) is 2. The molecule has 1 saturated heterocycles. The molecule has 1 aromatic rings. The second-order valence-corrected chi connectivity index (χ2v) is 7.33. The Bertz CT molecular complexity index is 951. The lowest BCUT2D eigenvalue weighted by molar-refractivity contribution is -0.143. The molecule has 1 aliphatic carbocycles. The number of benzene rings is 1. The molecule has 2 aliphatic rings. The van der Waals surface area contributed by atoms with Crippen LogP contribution in [0.2, 0.25) is 0 Å². The normalized spacial score (nSPS) is 16.9. The smallest absolute Gasteiger partial charge is 0.326 e. The fraction of sp³-hybridized carbons (Fsp3) is 0.400. The summed E-state index contributed by atoms with van der Waals surface area (Å²) in [6.45, 7) is 1.94. The molecule has 0 unspecified atom stereocenters. The molecule has 0 atom stereocenters. The molecule has 1 aliphatic heterocycles. The van der Waals surface area contributed by atoms with E-state index in [0.717, 1.165) is 17.7 Å². The lowest BCUT2D eigenvalue weighted by Crippen LogP contribution is -2.41. The van der Waals surface area contributed by atoms with Gasteiger partial charge in [0.05, 0.1) is 12.2 Å². The number of carbonyl (C=O) groups excluding carboxylic acids is 6. The molecule has 6 amide bonds. The maximum Gasteiger partial charge on any atom is 0.334 e. The Balaban J connectivity index is 1.83. The van der Waals surface area contributed by atoms with Crippen LogP contribution in [0.1, 0.15) is 49.9 Å². The van der Waals surface area contributed by atoms with Crippen molar-refractivity contribution in [2.24, 2.45) is 0 Å². The molecule has 1 aromatic carbocycles. The molecule has 10 nitrogen and oxygen atoms in total. The zero-order valence-electron chi connectivity index (χ0n) is 16.7. The average molecular weight is 414 g/mol. The second-order valence-electron chi connectivity index (χ2n) is 7.33. The lowest BCUT2D eigenvalue weighted by atomic mass is 10.1. The van der Waals surface area contributed by atoms with Gasteiger partial charge < -0.3 is 10.6 Å². The first kappa shape index (κ1) is 21.2. The van der Waals surface area contributed by atoms with Crippen LogP contribution in [0, 0.1) is 0 Å². The van der Waals surface area contributed by atoms with Crippen LogP contribution in [0.25, 0.3) is 0 Å². The molecule has 30 heavy (non-hydrogen) atoms. The predicted molar refractivity (Wildman–Crippen MR) is 106 cm³/mol. The number of urea groups is 1. The van der Waals surface area contributed by atoms with Gasteiger partial charge in [-0.15, -0.1) is 0 Å². The molecule has 0 radical (unpaired) electrons. The van der Waals surface area contributed by atoms with Crippen LogP contribution in [0.5, 0.6) is 0 Å². The summed E-state index contributed by atoms with van der Waals surface area (Å²) in [6, 6.07) is 3.13. The highest BCUT2D eigenvalue weighted by atomic mass is 16.2. The van der Waals surface area contributed by atoms with Crippen molar-refractivity contribution < 1.29 is 28.8 Å². The van der Waals surface area contributed by atoms with Gasteiger partial charge in [-0.3, -0.25) is 28.9 Å². The minimum atomic E-state index is -1.03. The number of hydrogen-bond acceptors (Lipinski definition) is 6. The van der Waals surface area contributed by atoms with E-state index < -0.39 is 36.1 Å². The van der Waals surface area contributed by atoms with Gasteiger partial charge in [-0.1, -0.05) is 12.8 Å². The summed E-state index contributed by atoms with van der Waals surface area (Å²) in [5.41, 5.74) is 0.530. The third-order valence-electron chi connectivity index (χ3n) is 5.03. The van der Waals surface area contributed by atoms with Gasteiger partial charge in [0, 0.05) is 31.1 Å². The number of Topliss-reactive ketones (excluding diaryl/α,β-unsaturated/α-hetero) is 1. The number of rotatable bonds is 6.